The standard InChI is InChI=1S/C16H17F3N4O3/c1-4-25-13-7-10(5-6-12(13)26-16(18)19)15(24)21-20-8-11-9(2)22-23(3)14(11)17/h5-8,16H,4H2,1-3H3,(H,21,24)/b20-8-. The van der Waals surface area contributed by atoms with Crippen molar-refractivity contribution in [3.8, 4) is 11.5 Å². The number of halogens is 3. The third kappa shape index (κ3) is 4.52. The summed E-state index contributed by atoms with van der Waals surface area (Å²) >= 11 is 0. The number of hydrazone groups is 1. The van der Waals surface area contributed by atoms with Crippen LogP contribution in [0.5, 0.6) is 11.5 Å². The van der Waals surface area contributed by atoms with E-state index >= 15 is 0 Å². The molecule has 0 fully saturated rings. The third-order valence-electron chi connectivity index (χ3n) is 3.28. The largest absolute Gasteiger partial charge is 0.490 e. The molecule has 140 valence electrons. The fourth-order valence-electron chi connectivity index (χ4n) is 2.12. The van der Waals surface area contributed by atoms with E-state index in [-0.39, 0.29) is 29.2 Å². The van der Waals surface area contributed by atoms with Crippen LogP contribution in [-0.4, -0.2) is 35.1 Å². The SMILES string of the molecule is CCOc1cc(C(=O)N/N=C\c2c(C)nn(C)c2F)ccc1OC(F)F. The first kappa shape index (κ1) is 19.3. The average molecular weight is 370 g/mol. The van der Waals surface area contributed by atoms with E-state index in [1.54, 1.807) is 13.8 Å². The lowest BCUT2D eigenvalue weighted by molar-refractivity contribution is -0.0514. The van der Waals surface area contributed by atoms with Gasteiger partial charge in [-0.3, -0.25) is 4.79 Å². The van der Waals surface area contributed by atoms with Gasteiger partial charge in [0, 0.05) is 12.6 Å². The van der Waals surface area contributed by atoms with Crippen LogP contribution in [-0.2, 0) is 7.05 Å². The van der Waals surface area contributed by atoms with Gasteiger partial charge in [-0.05, 0) is 32.0 Å². The van der Waals surface area contributed by atoms with Crippen LogP contribution in [0.3, 0.4) is 0 Å². The molecule has 2 rings (SSSR count). The number of aryl methyl sites for hydroxylation is 2. The Labute approximate surface area is 147 Å². The fourth-order valence-corrected chi connectivity index (χ4v) is 2.12. The van der Waals surface area contributed by atoms with Gasteiger partial charge in [-0.2, -0.15) is 23.4 Å². The van der Waals surface area contributed by atoms with E-state index in [9.17, 15) is 18.0 Å². The summed E-state index contributed by atoms with van der Waals surface area (Å²) in [6.45, 7) is 0.440. The van der Waals surface area contributed by atoms with Crippen LogP contribution in [0.4, 0.5) is 13.2 Å². The molecule has 1 heterocycles. The maximum atomic E-state index is 13.8. The van der Waals surface area contributed by atoms with Gasteiger partial charge in [-0.1, -0.05) is 0 Å². The molecule has 0 saturated heterocycles. The number of nitrogens with one attached hydrogen (secondary N) is 1. The highest BCUT2D eigenvalue weighted by Gasteiger charge is 2.15. The van der Waals surface area contributed by atoms with Crippen LogP contribution in [0.15, 0.2) is 23.3 Å². The second kappa shape index (κ2) is 8.37. The first-order valence-electron chi connectivity index (χ1n) is 7.57. The smallest absolute Gasteiger partial charge is 0.387 e. The molecule has 0 aliphatic carbocycles. The molecule has 0 radical (unpaired) electrons. The number of alkyl halides is 2. The van der Waals surface area contributed by atoms with Crippen LogP contribution < -0.4 is 14.9 Å². The zero-order valence-electron chi connectivity index (χ0n) is 14.3. The number of carbonyl (C=O) groups excluding carboxylic acids is 1. The van der Waals surface area contributed by atoms with Crippen LogP contribution >= 0.6 is 0 Å². The van der Waals surface area contributed by atoms with E-state index in [1.807, 2.05) is 0 Å². The zero-order chi connectivity index (χ0) is 19.3. The molecule has 0 atom stereocenters. The van der Waals surface area contributed by atoms with Crippen LogP contribution in [0, 0.1) is 12.9 Å². The molecule has 26 heavy (non-hydrogen) atoms. The van der Waals surface area contributed by atoms with Crippen molar-refractivity contribution in [3.05, 3.63) is 41.0 Å². The molecule has 1 N–H and O–H groups in total. The van der Waals surface area contributed by atoms with E-state index < -0.39 is 18.5 Å². The van der Waals surface area contributed by atoms with Crippen molar-refractivity contribution in [1.29, 1.82) is 0 Å². The molecule has 10 heteroatoms. The highest BCUT2D eigenvalue weighted by Crippen LogP contribution is 2.29. The molecular formula is C16H17F3N4O3. The van der Waals surface area contributed by atoms with Crippen molar-refractivity contribution < 1.29 is 27.4 Å². The lowest BCUT2D eigenvalue weighted by Crippen LogP contribution is -2.18. The summed E-state index contributed by atoms with van der Waals surface area (Å²) < 4.78 is 49.1. The van der Waals surface area contributed by atoms with Gasteiger partial charge in [-0.15, -0.1) is 0 Å². The van der Waals surface area contributed by atoms with Crippen molar-refractivity contribution in [2.75, 3.05) is 6.61 Å². The Kier molecular flexibility index (Phi) is 6.21. The number of benzene rings is 1. The van der Waals surface area contributed by atoms with Crippen molar-refractivity contribution >= 4 is 12.1 Å². The van der Waals surface area contributed by atoms with Gasteiger partial charge in [0.15, 0.2) is 11.5 Å². The third-order valence-corrected chi connectivity index (χ3v) is 3.28. The number of carbonyl (C=O) groups is 1. The Morgan fingerprint density at radius 2 is 2.15 bits per heavy atom. The van der Waals surface area contributed by atoms with Gasteiger partial charge >= 0.3 is 6.61 Å². The van der Waals surface area contributed by atoms with Crippen molar-refractivity contribution in [2.45, 2.75) is 20.5 Å². The maximum Gasteiger partial charge on any atom is 0.387 e. The maximum absolute atomic E-state index is 13.8. The zero-order valence-corrected chi connectivity index (χ0v) is 14.3. The van der Waals surface area contributed by atoms with Gasteiger partial charge in [0.05, 0.1) is 24.1 Å². The van der Waals surface area contributed by atoms with Crippen molar-refractivity contribution in [1.82, 2.24) is 15.2 Å². The van der Waals surface area contributed by atoms with Crippen molar-refractivity contribution in [3.63, 3.8) is 0 Å². The summed E-state index contributed by atoms with van der Waals surface area (Å²) in [5, 5.41) is 7.57. The lowest BCUT2D eigenvalue weighted by Gasteiger charge is -2.12. The molecule has 0 aliphatic heterocycles. The van der Waals surface area contributed by atoms with Crippen LogP contribution in [0.25, 0.3) is 0 Å². The summed E-state index contributed by atoms with van der Waals surface area (Å²) in [6.07, 6.45) is 1.13. The summed E-state index contributed by atoms with van der Waals surface area (Å²) in [6, 6.07) is 3.73. The van der Waals surface area contributed by atoms with Gasteiger partial charge in [0.2, 0.25) is 5.95 Å². The van der Waals surface area contributed by atoms with E-state index in [2.05, 4.69) is 20.4 Å². The number of ether oxygens (including phenoxy) is 2. The van der Waals surface area contributed by atoms with Gasteiger partial charge in [0.1, 0.15) is 0 Å². The number of rotatable bonds is 7. The Hall–Kier alpha value is -3.04. The fraction of sp³-hybridized carbons (Fsp3) is 0.312. The summed E-state index contributed by atoms with van der Waals surface area (Å²) in [4.78, 5) is 12.1. The Bertz CT molecular complexity index is 821. The Morgan fingerprint density at radius 3 is 2.73 bits per heavy atom. The van der Waals surface area contributed by atoms with Crippen LogP contribution in [0.2, 0.25) is 0 Å². The van der Waals surface area contributed by atoms with Gasteiger partial charge in [0.25, 0.3) is 5.91 Å². The molecule has 1 amide bonds. The van der Waals surface area contributed by atoms with Crippen molar-refractivity contribution in [2.24, 2.45) is 12.1 Å². The van der Waals surface area contributed by atoms with E-state index in [0.29, 0.717) is 5.69 Å². The lowest BCUT2D eigenvalue weighted by atomic mass is 10.2. The predicted molar refractivity (Wildman–Crippen MR) is 87.2 cm³/mol. The summed E-state index contributed by atoms with van der Waals surface area (Å²) in [5.41, 5.74) is 2.88. The highest BCUT2D eigenvalue weighted by molar-refractivity contribution is 5.95. The Balaban J connectivity index is 2.13. The predicted octanol–water partition coefficient (Wildman–Crippen LogP) is 2.63. The molecule has 1 aromatic heterocycles. The van der Waals surface area contributed by atoms with Crippen LogP contribution in [0.1, 0.15) is 28.5 Å². The molecule has 0 aliphatic rings. The molecule has 0 bridgehead atoms. The first-order valence-corrected chi connectivity index (χ1v) is 7.57. The van der Waals surface area contributed by atoms with Gasteiger partial charge < -0.3 is 9.47 Å². The molecule has 0 spiro atoms. The topological polar surface area (TPSA) is 77.7 Å². The highest BCUT2D eigenvalue weighted by atomic mass is 19.3. The number of hydrogen-bond donors (Lipinski definition) is 1. The minimum absolute atomic E-state index is 0.00132. The second-order valence-electron chi connectivity index (χ2n) is 5.09. The average Bonchev–Trinajstić information content (AvgIpc) is 2.82. The van der Waals surface area contributed by atoms with E-state index in [4.69, 9.17) is 4.74 Å². The quantitative estimate of drug-likeness (QED) is 0.600. The molecule has 7 nitrogen and oxygen atoms in total. The first-order chi connectivity index (χ1) is 12.3. The molecule has 0 unspecified atom stereocenters. The molecule has 0 saturated carbocycles. The monoisotopic (exact) mass is 370 g/mol. The Morgan fingerprint density at radius 1 is 1.42 bits per heavy atom. The van der Waals surface area contributed by atoms with E-state index in [0.717, 1.165) is 10.9 Å². The van der Waals surface area contributed by atoms with Gasteiger partial charge in [-0.25, -0.2) is 10.1 Å². The molecule has 2 aromatic rings. The summed E-state index contributed by atoms with van der Waals surface area (Å²) in [5.74, 6) is -1.41. The number of hydrogen-bond acceptors (Lipinski definition) is 5. The van der Waals surface area contributed by atoms with E-state index in [1.165, 1.54) is 25.2 Å². The number of aromatic nitrogens is 2. The minimum atomic E-state index is -3.02. The number of amides is 1. The minimum Gasteiger partial charge on any atom is -0.490 e. The normalized spacial score (nSPS) is 11.2. The second-order valence-corrected chi connectivity index (χ2v) is 5.09. The molecule has 1 aromatic carbocycles. The number of nitrogens with zero attached hydrogens (tertiary/aromatic N) is 3. The molecular weight excluding hydrogens is 353 g/mol. The summed E-state index contributed by atoms with van der Waals surface area (Å²) in [7, 11) is 1.44.